The van der Waals surface area contributed by atoms with Gasteiger partial charge in [0.05, 0.1) is 5.21 Å². The molecule has 2 aromatic carbocycles. The number of rotatable bonds is 4. The van der Waals surface area contributed by atoms with Crippen molar-refractivity contribution in [1.82, 2.24) is 9.90 Å². The van der Waals surface area contributed by atoms with Gasteiger partial charge >= 0.3 is 0 Å². The SMILES string of the molecule is S=C(Nc1ccccc1)Nc1c[n+](C2CCCCC2)nn1-c1ccccc1. The summed E-state index contributed by atoms with van der Waals surface area (Å²) in [5.74, 6) is 0.861. The second-order valence-corrected chi connectivity index (χ2v) is 7.28. The first-order chi connectivity index (χ1) is 13.3. The summed E-state index contributed by atoms with van der Waals surface area (Å²) in [7, 11) is 0. The van der Waals surface area contributed by atoms with E-state index in [1.807, 2.05) is 53.2 Å². The van der Waals surface area contributed by atoms with Crippen molar-refractivity contribution in [2.75, 3.05) is 10.6 Å². The Bertz CT molecular complexity index is 885. The van der Waals surface area contributed by atoms with E-state index in [4.69, 9.17) is 17.4 Å². The van der Waals surface area contributed by atoms with Gasteiger partial charge in [-0.05, 0) is 62.2 Å². The average Bonchev–Trinajstić information content (AvgIpc) is 3.14. The van der Waals surface area contributed by atoms with E-state index in [2.05, 4.69) is 33.6 Å². The third-order valence-electron chi connectivity index (χ3n) is 4.90. The standard InChI is InChI=1S/C21H23N5S/c27-21(22-17-10-4-1-5-11-17)23-20-16-25(18-12-6-2-7-13-18)24-26(20)19-14-8-3-9-15-19/h1,3-5,8-11,14-16,18H,2,6-7,12-13H2,(H-,22,23,24,27)/p+1. The smallest absolute Gasteiger partial charge is 0.270 e. The number of thiocarbonyl (C=S) groups is 1. The van der Waals surface area contributed by atoms with Gasteiger partial charge in [0.25, 0.3) is 5.82 Å². The van der Waals surface area contributed by atoms with Crippen LogP contribution in [0.25, 0.3) is 5.69 Å². The molecule has 3 aromatic rings. The Morgan fingerprint density at radius 3 is 2.30 bits per heavy atom. The van der Waals surface area contributed by atoms with Gasteiger partial charge in [-0.1, -0.05) is 47.5 Å². The molecule has 1 aromatic heterocycles. The van der Waals surface area contributed by atoms with Gasteiger partial charge in [0.15, 0.2) is 17.0 Å². The summed E-state index contributed by atoms with van der Waals surface area (Å²) in [6, 6.07) is 20.5. The van der Waals surface area contributed by atoms with E-state index >= 15 is 0 Å². The first kappa shape index (κ1) is 17.7. The Kier molecular flexibility index (Phi) is 5.44. The molecule has 138 valence electrons. The van der Waals surface area contributed by atoms with Crippen LogP contribution in [0.1, 0.15) is 38.1 Å². The van der Waals surface area contributed by atoms with Gasteiger partial charge in [0.2, 0.25) is 0 Å². The third kappa shape index (κ3) is 4.34. The Morgan fingerprint density at radius 2 is 1.59 bits per heavy atom. The van der Waals surface area contributed by atoms with Crippen LogP contribution in [0.4, 0.5) is 11.5 Å². The molecule has 0 atom stereocenters. The highest BCUT2D eigenvalue weighted by Gasteiger charge is 2.26. The maximum Gasteiger partial charge on any atom is 0.270 e. The number of aromatic nitrogens is 3. The van der Waals surface area contributed by atoms with Crippen molar-refractivity contribution in [1.29, 1.82) is 0 Å². The highest BCUT2D eigenvalue weighted by Crippen LogP contribution is 2.24. The molecule has 27 heavy (non-hydrogen) atoms. The van der Waals surface area contributed by atoms with Crippen molar-refractivity contribution >= 4 is 28.8 Å². The van der Waals surface area contributed by atoms with Crippen LogP contribution in [-0.4, -0.2) is 15.0 Å². The molecule has 0 spiro atoms. The van der Waals surface area contributed by atoms with Gasteiger partial charge in [-0.15, -0.1) is 4.68 Å². The van der Waals surface area contributed by atoms with Crippen molar-refractivity contribution in [2.24, 2.45) is 0 Å². The molecule has 0 radical (unpaired) electrons. The lowest BCUT2D eigenvalue weighted by molar-refractivity contribution is -0.780. The van der Waals surface area contributed by atoms with Crippen LogP contribution in [0.3, 0.4) is 0 Å². The summed E-state index contributed by atoms with van der Waals surface area (Å²) in [5.41, 5.74) is 1.97. The van der Waals surface area contributed by atoms with Gasteiger partial charge < -0.3 is 5.32 Å². The van der Waals surface area contributed by atoms with Crippen molar-refractivity contribution in [2.45, 2.75) is 38.1 Å². The van der Waals surface area contributed by atoms with Gasteiger partial charge in [0.1, 0.15) is 6.04 Å². The summed E-state index contributed by atoms with van der Waals surface area (Å²) in [6.45, 7) is 0. The summed E-state index contributed by atoms with van der Waals surface area (Å²) in [5, 5.41) is 11.9. The fourth-order valence-corrected chi connectivity index (χ4v) is 3.75. The fourth-order valence-electron chi connectivity index (χ4n) is 3.53. The molecule has 2 N–H and O–H groups in total. The normalized spacial score (nSPS) is 14.7. The molecule has 6 heteroatoms. The van der Waals surface area contributed by atoms with E-state index in [9.17, 15) is 0 Å². The van der Waals surface area contributed by atoms with E-state index in [1.165, 1.54) is 32.1 Å². The van der Waals surface area contributed by atoms with Gasteiger partial charge in [-0.25, -0.2) is 0 Å². The molecular formula is C21H24N5S+. The predicted molar refractivity (Wildman–Crippen MR) is 112 cm³/mol. The van der Waals surface area contributed by atoms with E-state index in [0.717, 1.165) is 17.2 Å². The summed E-state index contributed by atoms with van der Waals surface area (Å²) >= 11 is 5.52. The highest BCUT2D eigenvalue weighted by molar-refractivity contribution is 7.80. The zero-order chi connectivity index (χ0) is 18.5. The molecule has 1 aliphatic carbocycles. The van der Waals surface area contributed by atoms with Crippen LogP contribution >= 0.6 is 12.2 Å². The summed E-state index contributed by atoms with van der Waals surface area (Å²) < 4.78 is 4.02. The lowest BCUT2D eigenvalue weighted by atomic mass is 9.96. The summed E-state index contributed by atoms with van der Waals surface area (Å²) in [6.07, 6.45) is 8.30. The first-order valence-electron chi connectivity index (χ1n) is 9.49. The number of benzene rings is 2. The quantitative estimate of drug-likeness (QED) is 0.519. The minimum Gasteiger partial charge on any atom is -0.332 e. The largest absolute Gasteiger partial charge is 0.332 e. The van der Waals surface area contributed by atoms with Crippen LogP contribution in [0.15, 0.2) is 66.9 Å². The Hall–Kier alpha value is -2.73. The van der Waals surface area contributed by atoms with Gasteiger partial charge in [0, 0.05) is 5.69 Å². The second-order valence-electron chi connectivity index (χ2n) is 6.87. The molecule has 5 nitrogen and oxygen atoms in total. The molecule has 0 bridgehead atoms. The Labute approximate surface area is 165 Å². The number of nitrogens with one attached hydrogen (secondary N) is 2. The molecule has 4 rings (SSSR count). The van der Waals surface area contributed by atoms with Crippen molar-refractivity contribution in [3.05, 3.63) is 66.9 Å². The monoisotopic (exact) mass is 378 g/mol. The maximum atomic E-state index is 5.52. The second kappa shape index (κ2) is 8.31. The Balaban J connectivity index is 1.59. The van der Waals surface area contributed by atoms with Crippen LogP contribution in [0.5, 0.6) is 0 Å². The molecule has 1 heterocycles. The zero-order valence-corrected chi connectivity index (χ0v) is 16.0. The molecule has 1 aliphatic rings. The van der Waals surface area contributed by atoms with E-state index in [0.29, 0.717) is 11.2 Å². The number of hydrogen-bond acceptors (Lipinski definition) is 2. The number of anilines is 2. The minimum absolute atomic E-state index is 0.458. The van der Waals surface area contributed by atoms with Crippen LogP contribution in [0.2, 0.25) is 0 Å². The molecule has 0 amide bonds. The molecular weight excluding hydrogens is 354 g/mol. The minimum atomic E-state index is 0.458. The van der Waals surface area contributed by atoms with Gasteiger partial charge in [-0.3, -0.25) is 5.32 Å². The molecule has 1 saturated carbocycles. The van der Waals surface area contributed by atoms with Gasteiger partial charge in [-0.2, -0.15) is 0 Å². The van der Waals surface area contributed by atoms with E-state index < -0.39 is 0 Å². The first-order valence-corrected chi connectivity index (χ1v) is 9.90. The highest BCUT2D eigenvalue weighted by atomic mass is 32.1. The number of nitrogens with zero attached hydrogens (tertiary/aromatic N) is 3. The van der Waals surface area contributed by atoms with Crippen LogP contribution in [-0.2, 0) is 0 Å². The Morgan fingerprint density at radius 1 is 0.926 bits per heavy atom. The topological polar surface area (TPSA) is 45.8 Å². The van der Waals surface area contributed by atoms with E-state index in [1.54, 1.807) is 0 Å². The summed E-state index contributed by atoms with van der Waals surface area (Å²) in [4.78, 5) is 0. The van der Waals surface area contributed by atoms with E-state index in [-0.39, 0.29) is 0 Å². The maximum absolute atomic E-state index is 5.52. The van der Waals surface area contributed by atoms with Crippen LogP contribution in [0, 0.1) is 0 Å². The number of para-hydroxylation sites is 2. The van der Waals surface area contributed by atoms with Crippen molar-refractivity contribution in [3.8, 4) is 5.69 Å². The van der Waals surface area contributed by atoms with Crippen molar-refractivity contribution in [3.63, 3.8) is 0 Å². The fraction of sp³-hybridized carbons (Fsp3) is 0.286. The molecule has 0 saturated heterocycles. The predicted octanol–water partition coefficient (Wildman–Crippen LogP) is 4.47. The van der Waals surface area contributed by atoms with Crippen molar-refractivity contribution < 1.29 is 4.68 Å². The molecule has 0 unspecified atom stereocenters. The average molecular weight is 379 g/mol. The molecule has 1 fully saturated rings. The third-order valence-corrected chi connectivity index (χ3v) is 5.10. The zero-order valence-electron chi connectivity index (χ0n) is 15.2. The lowest BCUT2D eigenvalue weighted by Gasteiger charge is -2.16. The van der Waals surface area contributed by atoms with Crippen LogP contribution < -0.4 is 15.3 Å². The lowest BCUT2D eigenvalue weighted by Crippen LogP contribution is -2.42. The number of hydrogen-bond donors (Lipinski definition) is 2. The molecule has 0 aliphatic heterocycles.